The van der Waals surface area contributed by atoms with E-state index in [1.54, 1.807) is 48.5 Å². The summed E-state index contributed by atoms with van der Waals surface area (Å²) >= 11 is 0. The number of rotatable bonds is 6. The molecule has 5 heteroatoms. The third kappa shape index (κ3) is 4.01. The summed E-state index contributed by atoms with van der Waals surface area (Å²) in [5.41, 5.74) is 1.66. The van der Waals surface area contributed by atoms with Crippen LogP contribution in [0.4, 0.5) is 0 Å². The molecule has 0 heterocycles. The number of ether oxygens (including phenoxy) is 3. The molecule has 0 amide bonds. The van der Waals surface area contributed by atoms with Crippen molar-refractivity contribution in [1.29, 1.82) is 0 Å². The average Bonchev–Trinajstić information content (AvgIpc) is 2.65. The van der Waals surface area contributed by atoms with Crippen molar-refractivity contribution in [2.75, 3.05) is 21.3 Å². The Balaban J connectivity index is 2.20. The molecule has 5 nitrogen and oxygen atoms in total. The van der Waals surface area contributed by atoms with E-state index in [4.69, 9.17) is 9.47 Å². The van der Waals surface area contributed by atoms with E-state index in [0.717, 1.165) is 5.56 Å². The van der Waals surface area contributed by atoms with Crippen molar-refractivity contribution in [3.05, 3.63) is 65.2 Å². The number of benzene rings is 2. The molecule has 2 aromatic carbocycles. The van der Waals surface area contributed by atoms with Gasteiger partial charge in [-0.25, -0.2) is 4.79 Å². The van der Waals surface area contributed by atoms with Crippen LogP contribution in [0.25, 0.3) is 6.08 Å². The summed E-state index contributed by atoms with van der Waals surface area (Å²) in [4.78, 5) is 23.8. The van der Waals surface area contributed by atoms with Gasteiger partial charge in [-0.15, -0.1) is 0 Å². The van der Waals surface area contributed by atoms with Crippen LogP contribution >= 0.6 is 0 Å². The van der Waals surface area contributed by atoms with Crippen molar-refractivity contribution in [2.24, 2.45) is 0 Å². The summed E-state index contributed by atoms with van der Waals surface area (Å²) in [6.07, 6.45) is 3.12. The van der Waals surface area contributed by atoms with E-state index in [2.05, 4.69) is 4.74 Å². The summed E-state index contributed by atoms with van der Waals surface area (Å²) in [5.74, 6) is 0.451. The summed E-state index contributed by atoms with van der Waals surface area (Å²) in [5, 5.41) is 0. The Morgan fingerprint density at radius 2 is 1.62 bits per heavy atom. The molecule has 0 spiro atoms. The van der Waals surface area contributed by atoms with E-state index in [1.807, 2.05) is 0 Å². The molecule has 0 aliphatic carbocycles. The first-order chi connectivity index (χ1) is 11.6. The second-order valence-electron chi connectivity index (χ2n) is 4.88. The van der Waals surface area contributed by atoms with E-state index in [1.165, 1.54) is 27.4 Å². The normalized spacial score (nSPS) is 10.5. The molecular formula is C19H18O5. The van der Waals surface area contributed by atoms with E-state index >= 15 is 0 Å². The van der Waals surface area contributed by atoms with Crippen LogP contribution in [0.1, 0.15) is 26.3 Å². The lowest BCUT2D eigenvalue weighted by Crippen LogP contribution is -2.00. The van der Waals surface area contributed by atoms with Gasteiger partial charge in [0.25, 0.3) is 0 Å². The molecule has 2 rings (SSSR count). The van der Waals surface area contributed by atoms with Gasteiger partial charge in [0, 0.05) is 0 Å². The third-order valence-electron chi connectivity index (χ3n) is 3.43. The lowest BCUT2D eigenvalue weighted by atomic mass is 10.1. The van der Waals surface area contributed by atoms with Crippen molar-refractivity contribution in [2.45, 2.75) is 0 Å². The number of carbonyl (C=O) groups excluding carboxylic acids is 2. The van der Waals surface area contributed by atoms with E-state index < -0.39 is 5.97 Å². The largest absolute Gasteiger partial charge is 0.497 e. The Kier molecular flexibility index (Phi) is 5.73. The Labute approximate surface area is 140 Å². The molecule has 0 radical (unpaired) electrons. The minimum atomic E-state index is -0.400. The van der Waals surface area contributed by atoms with Crippen LogP contribution in [0.5, 0.6) is 11.5 Å². The van der Waals surface area contributed by atoms with Crippen LogP contribution in [0.15, 0.2) is 48.5 Å². The number of esters is 1. The summed E-state index contributed by atoms with van der Waals surface area (Å²) in [6, 6.07) is 11.8. The number of carbonyl (C=O) groups is 2. The predicted molar refractivity (Wildman–Crippen MR) is 90.7 cm³/mol. The van der Waals surface area contributed by atoms with Crippen molar-refractivity contribution < 1.29 is 23.8 Å². The van der Waals surface area contributed by atoms with Crippen LogP contribution in [0.3, 0.4) is 0 Å². The Morgan fingerprint density at radius 3 is 2.21 bits per heavy atom. The monoisotopic (exact) mass is 326 g/mol. The van der Waals surface area contributed by atoms with Crippen molar-refractivity contribution in [3.8, 4) is 11.5 Å². The van der Waals surface area contributed by atoms with Gasteiger partial charge in [0.15, 0.2) is 5.78 Å². The summed E-state index contributed by atoms with van der Waals surface area (Å²) < 4.78 is 15.0. The van der Waals surface area contributed by atoms with Gasteiger partial charge >= 0.3 is 5.97 Å². The fourth-order valence-corrected chi connectivity index (χ4v) is 2.12. The molecule has 0 saturated carbocycles. The number of ketones is 1. The van der Waals surface area contributed by atoms with Gasteiger partial charge in [0.05, 0.1) is 32.5 Å². The minimum absolute atomic E-state index is 0.206. The molecule has 124 valence electrons. The van der Waals surface area contributed by atoms with E-state index in [-0.39, 0.29) is 5.78 Å². The fraction of sp³-hybridized carbons (Fsp3) is 0.158. The first-order valence-electron chi connectivity index (χ1n) is 7.22. The first kappa shape index (κ1) is 17.3. The molecule has 0 aromatic heterocycles. The maximum absolute atomic E-state index is 12.4. The highest BCUT2D eigenvalue weighted by Gasteiger charge is 2.11. The van der Waals surface area contributed by atoms with Crippen LogP contribution in [0, 0.1) is 0 Å². The molecule has 0 saturated heterocycles. The van der Waals surface area contributed by atoms with Crippen LogP contribution in [-0.4, -0.2) is 33.1 Å². The zero-order valence-electron chi connectivity index (χ0n) is 13.7. The summed E-state index contributed by atoms with van der Waals surface area (Å²) in [6.45, 7) is 0. The number of hydrogen-bond acceptors (Lipinski definition) is 5. The number of methoxy groups -OCH3 is 3. The molecule has 0 atom stereocenters. The summed E-state index contributed by atoms with van der Waals surface area (Å²) in [7, 11) is 4.37. The molecule has 24 heavy (non-hydrogen) atoms. The second kappa shape index (κ2) is 7.97. The van der Waals surface area contributed by atoms with Crippen molar-refractivity contribution in [1.82, 2.24) is 0 Å². The quantitative estimate of drug-likeness (QED) is 0.462. The molecule has 0 aliphatic rings. The highest BCUT2D eigenvalue weighted by atomic mass is 16.5. The average molecular weight is 326 g/mol. The van der Waals surface area contributed by atoms with Crippen molar-refractivity contribution >= 4 is 17.8 Å². The van der Waals surface area contributed by atoms with Gasteiger partial charge in [0.1, 0.15) is 11.5 Å². The van der Waals surface area contributed by atoms with Gasteiger partial charge < -0.3 is 14.2 Å². The molecular weight excluding hydrogens is 308 g/mol. The molecule has 2 aromatic rings. The van der Waals surface area contributed by atoms with Gasteiger partial charge in [0.2, 0.25) is 0 Å². The lowest BCUT2D eigenvalue weighted by Gasteiger charge is -2.07. The minimum Gasteiger partial charge on any atom is -0.497 e. The van der Waals surface area contributed by atoms with E-state index in [9.17, 15) is 9.59 Å². The highest BCUT2D eigenvalue weighted by Crippen LogP contribution is 2.24. The molecule has 0 bridgehead atoms. The van der Waals surface area contributed by atoms with Gasteiger partial charge in [-0.3, -0.25) is 4.79 Å². The highest BCUT2D eigenvalue weighted by molar-refractivity contribution is 6.09. The maximum Gasteiger partial charge on any atom is 0.337 e. The van der Waals surface area contributed by atoms with E-state index in [0.29, 0.717) is 22.6 Å². The van der Waals surface area contributed by atoms with Gasteiger partial charge in [-0.05, 0) is 42.0 Å². The Bertz CT molecular complexity index is 760. The first-order valence-corrected chi connectivity index (χ1v) is 7.22. The van der Waals surface area contributed by atoms with Gasteiger partial charge in [-0.1, -0.05) is 18.2 Å². The Hall–Kier alpha value is -3.08. The fourth-order valence-electron chi connectivity index (χ4n) is 2.12. The number of hydrogen-bond donors (Lipinski definition) is 0. The van der Waals surface area contributed by atoms with Crippen LogP contribution in [-0.2, 0) is 4.74 Å². The second-order valence-corrected chi connectivity index (χ2v) is 4.88. The molecule has 0 fully saturated rings. The van der Waals surface area contributed by atoms with Crippen molar-refractivity contribution in [3.63, 3.8) is 0 Å². The lowest BCUT2D eigenvalue weighted by molar-refractivity contribution is 0.0600. The predicted octanol–water partition coefficient (Wildman–Crippen LogP) is 3.39. The maximum atomic E-state index is 12.4. The molecule has 0 unspecified atom stereocenters. The van der Waals surface area contributed by atoms with Crippen LogP contribution < -0.4 is 9.47 Å². The SMILES string of the molecule is COC(=O)c1ccc(/C=C/C(=O)c2cc(OC)ccc2OC)cc1. The molecule has 0 N–H and O–H groups in total. The number of allylic oxidation sites excluding steroid dienone is 1. The molecule has 0 aliphatic heterocycles. The standard InChI is InChI=1S/C19H18O5/c1-22-15-9-11-18(23-2)16(12-15)17(20)10-6-13-4-7-14(8-5-13)19(21)24-3/h4-12H,1-3H3/b10-6+. The van der Waals surface area contributed by atoms with Gasteiger partial charge in [-0.2, -0.15) is 0 Å². The smallest absolute Gasteiger partial charge is 0.337 e. The third-order valence-corrected chi connectivity index (χ3v) is 3.43. The topological polar surface area (TPSA) is 61.8 Å². The van der Waals surface area contributed by atoms with Crippen LogP contribution in [0.2, 0.25) is 0 Å². The zero-order valence-corrected chi connectivity index (χ0v) is 13.7. The Morgan fingerprint density at radius 1 is 0.917 bits per heavy atom. The zero-order chi connectivity index (χ0) is 17.5.